The van der Waals surface area contributed by atoms with Crippen LogP contribution >= 0.6 is 0 Å². The summed E-state index contributed by atoms with van der Waals surface area (Å²) in [5.41, 5.74) is 1.66. The van der Waals surface area contributed by atoms with E-state index >= 15 is 0 Å². The van der Waals surface area contributed by atoms with Crippen molar-refractivity contribution in [2.45, 2.75) is 33.1 Å². The van der Waals surface area contributed by atoms with Crippen LogP contribution in [0.2, 0.25) is 0 Å². The van der Waals surface area contributed by atoms with Crippen molar-refractivity contribution in [1.29, 1.82) is 5.41 Å². The smallest absolute Gasteiger partial charge is 0.123 e. The Morgan fingerprint density at radius 3 is 2.62 bits per heavy atom. The Morgan fingerprint density at radius 1 is 1.50 bits per heavy atom. The van der Waals surface area contributed by atoms with Gasteiger partial charge in [-0.15, -0.1) is 0 Å². The van der Waals surface area contributed by atoms with Gasteiger partial charge in [-0.05, 0) is 49.4 Å². The van der Waals surface area contributed by atoms with Gasteiger partial charge in [0.2, 0.25) is 0 Å². The van der Waals surface area contributed by atoms with Crippen LogP contribution in [0.5, 0.6) is 0 Å². The first-order valence-electron chi connectivity index (χ1n) is 4.99. The Hall–Kier alpha value is -1.42. The number of amidine groups is 1. The lowest BCUT2D eigenvalue weighted by Crippen LogP contribution is -2.35. The number of benzene rings is 1. The molecule has 0 atom stereocenters. The molecule has 1 fully saturated rings. The molecule has 0 amide bonds. The van der Waals surface area contributed by atoms with E-state index in [0.29, 0.717) is 5.92 Å². The number of hydrogen-bond donors (Lipinski definition) is 2. The van der Waals surface area contributed by atoms with Gasteiger partial charge >= 0.3 is 0 Å². The molecule has 0 unspecified atom stereocenters. The molecule has 1 aliphatic carbocycles. The number of nitrogens with zero attached hydrogens (tertiary/aromatic N) is 1. The quantitative estimate of drug-likeness (QED) is 0.350. The van der Waals surface area contributed by atoms with E-state index in [1.165, 1.54) is 17.1 Å². The van der Waals surface area contributed by atoms with Gasteiger partial charge in [-0.25, -0.2) is 10.2 Å². The van der Waals surface area contributed by atoms with Crippen molar-refractivity contribution >= 4 is 11.5 Å². The minimum atomic E-state index is -0.239. The van der Waals surface area contributed by atoms with Crippen LogP contribution in [-0.4, -0.2) is 5.84 Å². The zero-order valence-corrected chi connectivity index (χ0v) is 8.63. The van der Waals surface area contributed by atoms with Crippen molar-refractivity contribution in [3.05, 3.63) is 29.6 Å². The summed E-state index contributed by atoms with van der Waals surface area (Å²) in [4.78, 5) is 0. The van der Waals surface area contributed by atoms with E-state index in [2.05, 4.69) is 0 Å². The monoisotopic (exact) mass is 223 g/mol. The number of hydrogen-bond acceptors (Lipinski definition) is 2. The molecule has 0 heterocycles. The van der Waals surface area contributed by atoms with Crippen LogP contribution < -0.4 is 10.9 Å². The first kappa shape index (κ1) is 12.6. The van der Waals surface area contributed by atoms with Gasteiger partial charge in [-0.1, -0.05) is 7.43 Å². The summed E-state index contributed by atoms with van der Waals surface area (Å²) in [5, 5.41) is 8.76. The van der Waals surface area contributed by atoms with Crippen LogP contribution in [0.1, 0.15) is 38.7 Å². The number of nitrogens with two attached hydrogens (primary N) is 1. The van der Waals surface area contributed by atoms with Crippen molar-refractivity contribution < 1.29 is 4.39 Å². The molecule has 0 aliphatic heterocycles. The summed E-state index contributed by atoms with van der Waals surface area (Å²) < 4.78 is 13.1. The van der Waals surface area contributed by atoms with Gasteiger partial charge in [-0.2, -0.15) is 0 Å². The van der Waals surface area contributed by atoms with Gasteiger partial charge in [0.15, 0.2) is 0 Å². The predicted octanol–water partition coefficient (Wildman–Crippen LogP) is 3.02. The predicted molar refractivity (Wildman–Crippen MR) is 65.2 cm³/mol. The van der Waals surface area contributed by atoms with Gasteiger partial charge in [-0.3, -0.25) is 10.4 Å². The molecule has 0 aromatic heterocycles. The third kappa shape index (κ3) is 2.39. The number of hydrazine groups is 1. The van der Waals surface area contributed by atoms with Gasteiger partial charge in [0.05, 0.1) is 5.69 Å². The molecule has 1 saturated carbocycles. The number of halogens is 1. The topological polar surface area (TPSA) is 53.1 Å². The zero-order valence-electron chi connectivity index (χ0n) is 8.63. The molecule has 16 heavy (non-hydrogen) atoms. The average molecular weight is 223 g/mol. The highest BCUT2D eigenvalue weighted by atomic mass is 19.1. The minimum Gasteiger partial charge on any atom is -0.287 e. The summed E-state index contributed by atoms with van der Waals surface area (Å²) in [5.74, 6) is 6.17. The average Bonchev–Trinajstić information content (AvgIpc) is 2.99. The minimum absolute atomic E-state index is 0. The standard InChI is InChI=1S/C11H14FN3.CH4/c1-7(13)15(14)11-5-4-9(12)6-10(11)8-2-3-8;/h4-6,8,13H,2-3,14H2,1H3;1H4. The molecule has 88 valence electrons. The highest BCUT2D eigenvalue weighted by Crippen LogP contribution is 2.44. The summed E-state index contributed by atoms with van der Waals surface area (Å²) in [6.45, 7) is 1.61. The SMILES string of the molecule is C.CC(=N)N(N)c1ccc(F)cc1C1CC1. The van der Waals surface area contributed by atoms with Crippen LogP contribution in [0.25, 0.3) is 0 Å². The molecule has 1 aromatic carbocycles. The molecular formula is C12H18FN3. The van der Waals surface area contributed by atoms with Crippen LogP contribution in [0.15, 0.2) is 18.2 Å². The Balaban J connectivity index is 0.00000128. The number of nitrogens with one attached hydrogen (secondary N) is 1. The molecule has 3 N–H and O–H groups in total. The van der Waals surface area contributed by atoms with Gasteiger partial charge in [0.1, 0.15) is 11.7 Å². The van der Waals surface area contributed by atoms with Crippen molar-refractivity contribution in [2.24, 2.45) is 5.84 Å². The van der Waals surface area contributed by atoms with Crippen LogP contribution in [0.3, 0.4) is 0 Å². The molecule has 1 aromatic rings. The van der Waals surface area contributed by atoms with E-state index in [9.17, 15) is 4.39 Å². The molecule has 0 spiro atoms. The van der Waals surface area contributed by atoms with Gasteiger partial charge in [0.25, 0.3) is 0 Å². The highest BCUT2D eigenvalue weighted by Gasteiger charge is 2.28. The maximum absolute atomic E-state index is 13.1. The Labute approximate surface area is 95.5 Å². The number of anilines is 1. The largest absolute Gasteiger partial charge is 0.287 e. The van der Waals surface area contributed by atoms with Gasteiger partial charge < -0.3 is 0 Å². The van der Waals surface area contributed by atoms with Gasteiger partial charge in [0, 0.05) is 0 Å². The molecule has 0 bridgehead atoms. The lowest BCUT2D eigenvalue weighted by atomic mass is 10.1. The highest BCUT2D eigenvalue weighted by molar-refractivity contribution is 5.93. The second kappa shape index (κ2) is 4.61. The van der Waals surface area contributed by atoms with Crippen molar-refractivity contribution in [1.82, 2.24) is 0 Å². The normalized spacial score (nSPS) is 14.2. The maximum Gasteiger partial charge on any atom is 0.123 e. The Bertz CT molecular complexity index is 399. The molecular weight excluding hydrogens is 205 g/mol. The number of rotatable bonds is 2. The third-order valence-electron chi connectivity index (χ3n) is 2.63. The molecule has 3 nitrogen and oxygen atoms in total. The van der Waals surface area contributed by atoms with Crippen LogP contribution in [-0.2, 0) is 0 Å². The van der Waals surface area contributed by atoms with Crippen LogP contribution in [0.4, 0.5) is 10.1 Å². The maximum atomic E-state index is 13.1. The summed E-state index contributed by atoms with van der Waals surface area (Å²) in [7, 11) is 0. The summed E-state index contributed by atoms with van der Waals surface area (Å²) in [6.07, 6.45) is 2.17. The van der Waals surface area contributed by atoms with E-state index in [1.807, 2.05) is 0 Å². The van der Waals surface area contributed by atoms with Crippen LogP contribution in [0, 0.1) is 11.2 Å². The van der Waals surface area contributed by atoms with E-state index in [1.54, 1.807) is 13.0 Å². The second-order valence-electron chi connectivity index (χ2n) is 3.93. The second-order valence-corrected chi connectivity index (χ2v) is 3.93. The molecule has 0 radical (unpaired) electrons. The lowest BCUT2D eigenvalue weighted by molar-refractivity contribution is 0.625. The Kier molecular flexibility index (Phi) is 3.65. The van der Waals surface area contributed by atoms with Crippen molar-refractivity contribution in [3.8, 4) is 0 Å². The fourth-order valence-electron chi connectivity index (χ4n) is 1.65. The third-order valence-corrected chi connectivity index (χ3v) is 2.63. The van der Waals surface area contributed by atoms with E-state index in [4.69, 9.17) is 11.3 Å². The first-order chi connectivity index (χ1) is 7.09. The zero-order chi connectivity index (χ0) is 11.0. The molecule has 0 saturated heterocycles. The van der Waals surface area contributed by atoms with E-state index in [-0.39, 0.29) is 19.1 Å². The van der Waals surface area contributed by atoms with E-state index in [0.717, 1.165) is 24.1 Å². The fraction of sp³-hybridized carbons (Fsp3) is 0.417. The summed E-state index contributed by atoms with van der Waals surface area (Å²) in [6, 6.07) is 4.54. The molecule has 4 heteroatoms. The fourth-order valence-corrected chi connectivity index (χ4v) is 1.65. The van der Waals surface area contributed by atoms with Crippen molar-refractivity contribution in [3.63, 3.8) is 0 Å². The Morgan fingerprint density at radius 2 is 2.12 bits per heavy atom. The summed E-state index contributed by atoms with van der Waals surface area (Å²) >= 11 is 0. The molecule has 2 rings (SSSR count). The van der Waals surface area contributed by atoms with E-state index < -0.39 is 0 Å². The molecule has 1 aliphatic rings. The van der Waals surface area contributed by atoms with Crippen molar-refractivity contribution in [2.75, 3.05) is 5.01 Å². The first-order valence-corrected chi connectivity index (χ1v) is 4.99. The lowest BCUT2D eigenvalue weighted by Gasteiger charge is -2.20.